The quantitative estimate of drug-likeness (QED) is 0.105. The van der Waals surface area contributed by atoms with Crippen LogP contribution >= 0.6 is 0 Å². The number of carboxylic acid groups (broad SMARTS) is 1. The van der Waals surface area contributed by atoms with E-state index >= 15 is 0 Å². The van der Waals surface area contributed by atoms with E-state index in [1.165, 1.54) is 18.2 Å². The summed E-state index contributed by atoms with van der Waals surface area (Å²) in [6.45, 7) is 16.8. The number of hydrogen-bond donors (Lipinski definition) is 2. The molecule has 42 heavy (non-hydrogen) atoms. The molecule has 0 heterocycles. The van der Waals surface area contributed by atoms with Crippen LogP contribution in [0.4, 0.5) is 9.59 Å². The van der Waals surface area contributed by atoms with Gasteiger partial charge in [-0.1, -0.05) is 74.3 Å². The van der Waals surface area contributed by atoms with Crippen LogP contribution in [0.3, 0.4) is 0 Å². The first-order chi connectivity index (χ1) is 19.3. The van der Waals surface area contributed by atoms with Gasteiger partial charge in [-0.05, 0) is 41.9 Å². The molecule has 0 spiro atoms. The largest absolute Gasteiger partial charge is 0.513 e. The van der Waals surface area contributed by atoms with Crippen LogP contribution < -0.4 is 15.2 Å². The first-order valence-electron chi connectivity index (χ1n) is 14.4. The molecule has 11 nitrogen and oxygen atoms in total. The molecule has 0 fully saturated rings. The molecule has 3 unspecified atom stereocenters. The first kappa shape index (κ1) is 36.7. The molecule has 1 rings (SSSR count). The van der Waals surface area contributed by atoms with Crippen molar-refractivity contribution in [3.05, 3.63) is 23.8 Å². The molecule has 0 aliphatic heterocycles. The molecule has 0 aromatic heterocycles. The number of carbonyl (C=O) groups is 4. The van der Waals surface area contributed by atoms with Gasteiger partial charge in [0.2, 0.25) is 0 Å². The van der Waals surface area contributed by atoms with E-state index in [4.69, 9.17) is 29.4 Å². The van der Waals surface area contributed by atoms with Gasteiger partial charge in [0.15, 0.2) is 11.5 Å². The van der Waals surface area contributed by atoms with Crippen LogP contribution in [0.1, 0.15) is 99.5 Å². The molecule has 0 aliphatic carbocycles. The van der Waals surface area contributed by atoms with Crippen LogP contribution in [-0.2, 0) is 23.8 Å². The highest BCUT2D eigenvalue weighted by Crippen LogP contribution is 2.37. The minimum absolute atomic E-state index is 0.0556. The Bertz CT molecular complexity index is 1060. The highest BCUT2D eigenvalue weighted by molar-refractivity contribution is 5.75. The fraction of sp³-hybridized carbons (Fsp3) is 0.677. The Kier molecular flexibility index (Phi) is 14.3. The molecule has 0 amide bonds. The van der Waals surface area contributed by atoms with Crippen molar-refractivity contribution in [3.63, 3.8) is 0 Å². The number of ether oxygens (including phenoxy) is 5. The number of carbonyl (C=O) groups excluding carboxylic acids is 3. The second kappa shape index (κ2) is 16.3. The van der Waals surface area contributed by atoms with E-state index in [2.05, 4.69) is 0 Å². The summed E-state index contributed by atoms with van der Waals surface area (Å²) >= 11 is 0. The lowest BCUT2D eigenvalue weighted by atomic mass is 9.79. The predicted molar refractivity (Wildman–Crippen MR) is 157 cm³/mol. The number of unbranched alkanes of at least 4 members (excludes halogenated alkanes) is 2. The first-order valence-corrected chi connectivity index (χ1v) is 14.4. The second-order valence-corrected chi connectivity index (χ2v) is 13.0. The molecule has 0 saturated carbocycles. The van der Waals surface area contributed by atoms with Gasteiger partial charge in [-0.25, -0.2) is 9.59 Å². The van der Waals surface area contributed by atoms with E-state index in [1.807, 2.05) is 48.5 Å². The maximum Gasteiger partial charge on any atom is 0.513 e. The fourth-order valence-electron chi connectivity index (χ4n) is 3.86. The van der Waals surface area contributed by atoms with Crippen molar-refractivity contribution in [2.75, 3.05) is 13.2 Å². The minimum atomic E-state index is -1.40. The fourth-order valence-corrected chi connectivity index (χ4v) is 3.86. The van der Waals surface area contributed by atoms with Gasteiger partial charge >= 0.3 is 24.2 Å². The summed E-state index contributed by atoms with van der Waals surface area (Å²) < 4.78 is 26.7. The van der Waals surface area contributed by atoms with E-state index < -0.39 is 42.3 Å². The zero-order chi connectivity index (χ0) is 32.3. The summed E-state index contributed by atoms with van der Waals surface area (Å²) in [5.74, 6) is -3.43. The summed E-state index contributed by atoms with van der Waals surface area (Å²) in [5, 5.41) is 9.80. The SMILES string of the molecule is CCCCCC(=O)OC(C)C(C)C(c1ccc(OC(=O)OCC(C)(C)C)c(OC(=O)OCC(C)(C)C)c1)[C@H](N)C(=O)O. The average Bonchev–Trinajstić information content (AvgIpc) is 2.87. The maximum absolute atomic E-state index is 12.6. The maximum atomic E-state index is 12.6. The molecule has 1 aromatic rings. The van der Waals surface area contributed by atoms with Crippen molar-refractivity contribution in [1.29, 1.82) is 0 Å². The third-order valence-electron chi connectivity index (χ3n) is 6.27. The molecular formula is C31H49NO10. The molecule has 0 bridgehead atoms. The van der Waals surface area contributed by atoms with Crippen molar-refractivity contribution >= 4 is 24.2 Å². The molecule has 4 atom stereocenters. The summed E-state index contributed by atoms with van der Waals surface area (Å²) in [6.07, 6.45) is 0.0609. The monoisotopic (exact) mass is 595 g/mol. The van der Waals surface area contributed by atoms with E-state index in [0.717, 1.165) is 12.8 Å². The van der Waals surface area contributed by atoms with E-state index in [1.54, 1.807) is 13.8 Å². The zero-order valence-electron chi connectivity index (χ0n) is 26.5. The van der Waals surface area contributed by atoms with Crippen LogP contribution in [0, 0.1) is 16.7 Å². The number of rotatable bonds is 14. The third kappa shape index (κ3) is 13.5. The van der Waals surface area contributed by atoms with Gasteiger partial charge in [0.1, 0.15) is 12.1 Å². The minimum Gasteiger partial charge on any atom is -0.480 e. The Morgan fingerprint density at radius 1 is 0.857 bits per heavy atom. The summed E-state index contributed by atoms with van der Waals surface area (Å²) in [5.41, 5.74) is 5.84. The molecule has 3 N–H and O–H groups in total. The van der Waals surface area contributed by atoms with Gasteiger partial charge in [0, 0.05) is 18.3 Å². The van der Waals surface area contributed by atoms with Crippen LogP contribution in [0.15, 0.2) is 18.2 Å². The normalized spacial score (nSPS) is 14.6. The van der Waals surface area contributed by atoms with Gasteiger partial charge in [0.25, 0.3) is 0 Å². The smallest absolute Gasteiger partial charge is 0.480 e. The van der Waals surface area contributed by atoms with Crippen LogP contribution in [-0.4, -0.2) is 54.7 Å². The number of aliphatic carboxylic acids is 1. The van der Waals surface area contributed by atoms with Gasteiger partial charge in [-0.15, -0.1) is 0 Å². The lowest BCUT2D eigenvalue weighted by Crippen LogP contribution is -2.42. The van der Waals surface area contributed by atoms with Crippen molar-refractivity contribution < 1.29 is 48.0 Å². The summed E-state index contributed by atoms with van der Waals surface area (Å²) in [4.78, 5) is 49.3. The van der Waals surface area contributed by atoms with E-state index in [9.17, 15) is 24.3 Å². The summed E-state index contributed by atoms with van der Waals surface area (Å²) in [6, 6.07) is 2.84. The molecule has 1 aromatic carbocycles. The van der Waals surface area contributed by atoms with Crippen molar-refractivity contribution in [2.24, 2.45) is 22.5 Å². The van der Waals surface area contributed by atoms with Crippen LogP contribution in [0.5, 0.6) is 11.5 Å². The molecule has 238 valence electrons. The molecule has 0 aliphatic rings. The Balaban J connectivity index is 3.39. The topological polar surface area (TPSA) is 161 Å². The Hall–Kier alpha value is -3.34. The van der Waals surface area contributed by atoms with Crippen molar-refractivity contribution in [1.82, 2.24) is 0 Å². The Morgan fingerprint density at radius 2 is 1.38 bits per heavy atom. The van der Waals surface area contributed by atoms with Gasteiger partial charge in [-0.3, -0.25) is 9.59 Å². The number of carboxylic acids is 1. The lowest BCUT2D eigenvalue weighted by molar-refractivity contribution is -0.151. The van der Waals surface area contributed by atoms with Gasteiger partial charge < -0.3 is 34.5 Å². The number of nitrogens with two attached hydrogens (primary N) is 1. The van der Waals surface area contributed by atoms with E-state index in [0.29, 0.717) is 12.0 Å². The standard InChI is InChI=1S/C31H49NO10/c1-10-11-12-13-24(33)40-20(3)19(2)25(26(32)27(34)35)21-14-15-22(41-28(36)38-17-30(4,5)6)23(16-21)42-29(37)39-18-31(7,8)9/h14-16,19-20,25-26H,10-13,17-18,32H2,1-9H3,(H,34,35)/t19?,20?,25?,26-/m0/s1. The predicted octanol–water partition coefficient (Wildman–Crippen LogP) is 6.45. The zero-order valence-corrected chi connectivity index (χ0v) is 26.5. The third-order valence-corrected chi connectivity index (χ3v) is 6.27. The molecule has 11 heteroatoms. The molecule has 0 saturated heterocycles. The number of benzene rings is 1. The average molecular weight is 596 g/mol. The van der Waals surface area contributed by atoms with Crippen molar-refractivity contribution in [3.8, 4) is 11.5 Å². The number of hydrogen-bond acceptors (Lipinski definition) is 10. The Labute approximate surface area is 249 Å². The van der Waals surface area contributed by atoms with E-state index in [-0.39, 0.29) is 47.9 Å². The highest BCUT2D eigenvalue weighted by atomic mass is 16.7. The lowest BCUT2D eigenvalue weighted by Gasteiger charge is -2.32. The molecular weight excluding hydrogens is 546 g/mol. The Morgan fingerprint density at radius 3 is 1.86 bits per heavy atom. The van der Waals surface area contributed by atoms with Crippen LogP contribution in [0.25, 0.3) is 0 Å². The number of esters is 1. The summed E-state index contributed by atoms with van der Waals surface area (Å²) in [7, 11) is 0. The molecule has 0 radical (unpaired) electrons. The highest BCUT2D eigenvalue weighted by Gasteiger charge is 2.36. The van der Waals surface area contributed by atoms with Crippen molar-refractivity contribution in [2.45, 2.75) is 106 Å². The second-order valence-electron chi connectivity index (χ2n) is 13.0. The van der Waals surface area contributed by atoms with Crippen LogP contribution in [0.2, 0.25) is 0 Å². The van der Waals surface area contributed by atoms with Gasteiger partial charge in [-0.2, -0.15) is 0 Å². The van der Waals surface area contributed by atoms with Gasteiger partial charge in [0.05, 0.1) is 13.2 Å².